The van der Waals surface area contributed by atoms with Crippen LogP contribution in [0.25, 0.3) is 0 Å². The average Bonchev–Trinajstić information content (AvgIpc) is 1.82. The van der Waals surface area contributed by atoms with Crippen molar-refractivity contribution in [2.45, 2.75) is 13.2 Å². The summed E-state index contributed by atoms with van der Waals surface area (Å²) in [6, 6.07) is 0. The number of carbonyl (C=O) groups is 1. The maximum atomic E-state index is 10.6. The Kier molecular flexibility index (Phi) is 3.68. The fourth-order valence-electron chi connectivity index (χ4n) is 0.284. The minimum absolute atomic E-state index is 0.189. The molecule has 0 aliphatic rings. The van der Waals surface area contributed by atoms with E-state index in [1.807, 2.05) is 0 Å². The zero-order valence-electron chi connectivity index (χ0n) is 5.83. The van der Waals surface area contributed by atoms with Gasteiger partial charge in [0, 0.05) is 5.57 Å². The van der Waals surface area contributed by atoms with Crippen LogP contribution in [0.3, 0.4) is 0 Å². The fourth-order valence-corrected chi connectivity index (χ4v) is 0.284. The Bertz CT molecular complexity index is 142. The van der Waals surface area contributed by atoms with Crippen LogP contribution in [0.4, 0.5) is 0 Å². The maximum Gasteiger partial charge on any atom is 0.333 e. The Morgan fingerprint density at radius 3 is 2.70 bits per heavy atom. The maximum absolute atomic E-state index is 10.6. The van der Waals surface area contributed by atoms with Gasteiger partial charge in [0.15, 0.2) is 0 Å². The minimum Gasteiger partial charge on any atom is -0.458 e. The van der Waals surface area contributed by atoms with Crippen LogP contribution in [0.15, 0.2) is 12.2 Å². The van der Waals surface area contributed by atoms with Crippen LogP contribution in [0.5, 0.6) is 0 Å². The fraction of sp³-hybridized carbons (Fsp3) is 0.500. The van der Waals surface area contributed by atoms with E-state index in [9.17, 15) is 4.79 Å². The molecule has 0 aromatic rings. The van der Waals surface area contributed by atoms with Crippen LogP contribution in [-0.4, -0.2) is 23.9 Å². The Hall–Kier alpha value is -0.870. The Morgan fingerprint density at radius 1 is 1.90 bits per heavy atom. The third-order valence-electron chi connectivity index (χ3n) is 0.734. The van der Waals surface area contributed by atoms with Gasteiger partial charge < -0.3 is 15.6 Å². The Morgan fingerprint density at radius 2 is 2.40 bits per heavy atom. The second kappa shape index (κ2) is 4.03. The van der Waals surface area contributed by atoms with Gasteiger partial charge >= 0.3 is 5.97 Å². The van der Waals surface area contributed by atoms with E-state index in [2.05, 4.69) is 11.3 Å². The van der Waals surface area contributed by atoms with Crippen LogP contribution in [0.1, 0.15) is 6.92 Å². The van der Waals surface area contributed by atoms with E-state index < -0.39 is 12.2 Å². The van der Waals surface area contributed by atoms with Crippen LogP contribution in [0.2, 0.25) is 0 Å². The number of aliphatic hydroxyl groups excluding tert-OH is 1. The van der Waals surface area contributed by atoms with Gasteiger partial charge in [0.2, 0.25) is 0 Å². The second-order valence-electron chi connectivity index (χ2n) is 1.95. The van der Waals surface area contributed by atoms with Crippen molar-refractivity contribution in [3.63, 3.8) is 0 Å². The number of rotatable bonds is 3. The van der Waals surface area contributed by atoms with Crippen molar-refractivity contribution in [2.75, 3.05) is 6.61 Å². The van der Waals surface area contributed by atoms with Crippen LogP contribution in [0, 0.1) is 0 Å². The molecule has 0 rings (SSSR count). The van der Waals surface area contributed by atoms with Crippen molar-refractivity contribution in [1.29, 1.82) is 0 Å². The lowest BCUT2D eigenvalue weighted by Crippen LogP contribution is -2.26. The highest BCUT2D eigenvalue weighted by Crippen LogP contribution is 1.91. The van der Waals surface area contributed by atoms with Crippen LogP contribution < -0.4 is 5.73 Å². The number of nitrogens with two attached hydrogens (primary N) is 1. The van der Waals surface area contributed by atoms with Crippen LogP contribution in [-0.2, 0) is 9.53 Å². The van der Waals surface area contributed by atoms with E-state index in [4.69, 9.17) is 10.8 Å². The first-order chi connectivity index (χ1) is 4.54. The van der Waals surface area contributed by atoms with E-state index in [0.717, 1.165) is 0 Å². The van der Waals surface area contributed by atoms with Gasteiger partial charge in [0.25, 0.3) is 0 Å². The third kappa shape index (κ3) is 4.05. The first-order valence-corrected chi connectivity index (χ1v) is 2.80. The minimum atomic E-state index is -1.11. The molecule has 4 heteroatoms. The highest BCUT2D eigenvalue weighted by Gasteiger charge is 2.04. The Balaban J connectivity index is 3.50. The zero-order valence-corrected chi connectivity index (χ0v) is 5.83. The quantitative estimate of drug-likeness (QED) is 0.315. The van der Waals surface area contributed by atoms with Gasteiger partial charge in [-0.25, -0.2) is 4.79 Å². The van der Waals surface area contributed by atoms with E-state index >= 15 is 0 Å². The number of ether oxygens (including phenoxy) is 1. The lowest BCUT2D eigenvalue weighted by molar-refractivity contribution is -0.141. The summed E-state index contributed by atoms with van der Waals surface area (Å²) >= 11 is 0. The monoisotopic (exact) mass is 145 g/mol. The first-order valence-electron chi connectivity index (χ1n) is 2.80. The van der Waals surface area contributed by atoms with E-state index in [-0.39, 0.29) is 6.61 Å². The average molecular weight is 145 g/mol. The molecule has 3 N–H and O–H groups in total. The molecule has 1 atom stereocenters. The molecule has 0 spiro atoms. The van der Waals surface area contributed by atoms with Gasteiger partial charge in [-0.1, -0.05) is 6.58 Å². The molecule has 0 aliphatic carbocycles. The van der Waals surface area contributed by atoms with E-state index in [1.165, 1.54) is 6.92 Å². The summed E-state index contributed by atoms with van der Waals surface area (Å²) in [6.07, 6.45) is -1.11. The molecule has 0 amide bonds. The molecular weight excluding hydrogens is 134 g/mol. The van der Waals surface area contributed by atoms with Crippen molar-refractivity contribution in [3.8, 4) is 0 Å². The predicted molar refractivity (Wildman–Crippen MR) is 36.0 cm³/mol. The Labute approximate surface area is 59.3 Å². The molecule has 4 nitrogen and oxygen atoms in total. The number of hydrogen-bond acceptors (Lipinski definition) is 4. The number of carbonyl (C=O) groups excluding carboxylic acids is 1. The molecular formula is C6H11NO3. The summed E-state index contributed by atoms with van der Waals surface area (Å²) < 4.78 is 4.45. The number of hydrogen-bond donors (Lipinski definition) is 2. The molecule has 0 aromatic heterocycles. The molecule has 10 heavy (non-hydrogen) atoms. The van der Waals surface area contributed by atoms with Gasteiger partial charge in [-0.3, -0.25) is 0 Å². The van der Waals surface area contributed by atoms with Crippen molar-refractivity contribution in [2.24, 2.45) is 5.73 Å². The highest BCUT2D eigenvalue weighted by molar-refractivity contribution is 5.86. The van der Waals surface area contributed by atoms with Crippen molar-refractivity contribution in [1.82, 2.24) is 0 Å². The standard InChI is InChI=1S/C6H11NO3/c1-4(2)6(9)10-3-5(7)8/h5,8H,1,3,7H2,2H3. The molecule has 0 radical (unpaired) electrons. The SMILES string of the molecule is C=C(C)C(=O)OCC(N)O. The molecule has 0 saturated heterocycles. The highest BCUT2D eigenvalue weighted by atomic mass is 16.5. The molecule has 0 saturated carbocycles. The van der Waals surface area contributed by atoms with Gasteiger partial charge in [-0.2, -0.15) is 0 Å². The van der Waals surface area contributed by atoms with Gasteiger partial charge in [0.1, 0.15) is 12.8 Å². The lowest BCUT2D eigenvalue weighted by Gasteiger charge is -2.04. The molecule has 58 valence electrons. The van der Waals surface area contributed by atoms with Gasteiger partial charge in [-0.15, -0.1) is 0 Å². The predicted octanol–water partition coefficient (Wildman–Crippen LogP) is -0.617. The van der Waals surface area contributed by atoms with Gasteiger partial charge in [0.05, 0.1) is 0 Å². The number of aliphatic hydroxyl groups is 1. The second-order valence-corrected chi connectivity index (χ2v) is 1.95. The smallest absolute Gasteiger partial charge is 0.333 e. The van der Waals surface area contributed by atoms with Gasteiger partial charge in [-0.05, 0) is 6.92 Å². The summed E-state index contributed by atoms with van der Waals surface area (Å²) in [4.78, 5) is 10.6. The van der Waals surface area contributed by atoms with Crippen LogP contribution >= 0.6 is 0 Å². The number of esters is 1. The first kappa shape index (κ1) is 9.13. The van der Waals surface area contributed by atoms with E-state index in [1.54, 1.807) is 0 Å². The summed E-state index contributed by atoms with van der Waals surface area (Å²) in [5.74, 6) is -0.537. The van der Waals surface area contributed by atoms with Crippen molar-refractivity contribution in [3.05, 3.63) is 12.2 Å². The van der Waals surface area contributed by atoms with Crippen molar-refractivity contribution >= 4 is 5.97 Å². The molecule has 0 heterocycles. The summed E-state index contributed by atoms with van der Waals surface area (Å²) in [5.41, 5.74) is 5.18. The molecule has 0 fully saturated rings. The summed E-state index contributed by atoms with van der Waals surface area (Å²) in [5, 5.41) is 8.45. The summed E-state index contributed by atoms with van der Waals surface area (Å²) in [6.45, 7) is 4.67. The topological polar surface area (TPSA) is 72.5 Å². The molecule has 0 aromatic carbocycles. The van der Waals surface area contributed by atoms with E-state index in [0.29, 0.717) is 5.57 Å². The largest absolute Gasteiger partial charge is 0.458 e. The molecule has 0 aliphatic heterocycles. The normalized spacial score (nSPS) is 12.3. The summed E-state index contributed by atoms with van der Waals surface area (Å²) in [7, 11) is 0. The molecule has 1 unspecified atom stereocenters. The van der Waals surface area contributed by atoms with Crippen molar-refractivity contribution < 1.29 is 14.6 Å². The lowest BCUT2D eigenvalue weighted by atomic mass is 10.4. The zero-order chi connectivity index (χ0) is 8.15. The third-order valence-corrected chi connectivity index (χ3v) is 0.734. The molecule has 0 bridgehead atoms.